The van der Waals surface area contributed by atoms with Crippen LogP contribution in [0.15, 0.2) is 21.9 Å². The van der Waals surface area contributed by atoms with Gasteiger partial charge in [0, 0.05) is 12.3 Å². The molecule has 0 saturated carbocycles. The van der Waals surface area contributed by atoms with Crippen LogP contribution in [-0.2, 0) is 4.74 Å². The summed E-state index contributed by atoms with van der Waals surface area (Å²) in [7, 11) is 0. The number of H-pyrrole nitrogens is 1. The molecule has 2 heterocycles. The van der Waals surface area contributed by atoms with Gasteiger partial charge in [0.15, 0.2) is 11.8 Å². The van der Waals surface area contributed by atoms with Gasteiger partial charge in [-0.2, -0.15) is 0 Å². The van der Waals surface area contributed by atoms with E-state index in [9.17, 15) is 19.8 Å². The lowest BCUT2D eigenvalue weighted by Crippen LogP contribution is -2.48. The quantitative estimate of drug-likeness (QED) is 0.446. The molecular weight excluding hydrogens is 268 g/mol. The molecule has 1 fully saturated rings. The van der Waals surface area contributed by atoms with Crippen molar-refractivity contribution in [1.29, 1.82) is 0 Å². The Kier molecular flexibility index (Phi) is 3.78. The highest BCUT2D eigenvalue weighted by Crippen LogP contribution is 2.37. The van der Waals surface area contributed by atoms with Gasteiger partial charge < -0.3 is 20.1 Å². The smallest absolute Gasteiger partial charge is 0.330 e. The second kappa shape index (κ2) is 5.22. The van der Waals surface area contributed by atoms with Crippen LogP contribution in [-0.4, -0.2) is 49.3 Å². The minimum absolute atomic E-state index is 0.552. The van der Waals surface area contributed by atoms with Crippen LogP contribution in [0.2, 0.25) is 0 Å². The Morgan fingerprint density at radius 2 is 2.25 bits per heavy atom. The largest absolute Gasteiger partial charge is 0.394 e. The van der Waals surface area contributed by atoms with Crippen LogP contribution in [0.1, 0.15) is 13.2 Å². The zero-order chi connectivity index (χ0) is 14.9. The monoisotopic (exact) mass is 282 g/mol. The second-order valence-corrected chi connectivity index (χ2v) is 4.37. The highest BCUT2D eigenvalue weighted by atomic mass is 16.6. The minimum atomic E-state index is -2.07. The molecule has 0 radical (unpaired) electrons. The van der Waals surface area contributed by atoms with E-state index >= 15 is 0 Å². The fourth-order valence-corrected chi connectivity index (χ4v) is 2.14. The summed E-state index contributed by atoms with van der Waals surface area (Å²) in [6.45, 7) is 0.896. The molecule has 2 rings (SSSR count). The Labute approximate surface area is 113 Å². The third kappa shape index (κ3) is 2.17. The molecule has 0 bridgehead atoms. The van der Waals surface area contributed by atoms with E-state index in [4.69, 9.17) is 9.84 Å². The Hall–Kier alpha value is -1.92. The fourth-order valence-electron chi connectivity index (χ4n) is 2.14. The first-order valence-corrected chi connectivity index (χ1v) is 5.86. The molecule has 1 aliphatic heterocycles. The summed E-state index contributed by atoms with van der Waals surface area (Å²) in [4.78, 5) is 24.8. The summed E-state index contributed by atoms with van der Waals surface area (Å²) < 4.78 is 6.19. The van der Waals surface area contributed by atoms with Crippen molar-refractivity contribution in [2.75, 3.05) is 6.61 Å². The van der Waals surface area contributed by atoms with E-state index in [1.807, 2.05) is 4.98 Å². The summed E-state index contributed by atoms with van der Waals surface area (Å²) in [6.07, 6.45) is -2.81. The van der Waals surface area contributed by atoms with E-state index in [1.54, 1.807) is 0 Å². The Bertz CT molecular complexity index is 669. The Morgan fingerprint density at radius 1 is 1.55 bits per heavy atom. The van der Waals surface area contributed by atoms with Crippen molar-refractivity contribution in [2.45, 2.75) is 31.0 Å². The van der Waals surface area contributed by atoms with Gasteiger partial charge in [0.25, 0.3) is 5.56 Å². The van der Waals surface area contributed by atoms with Gasteiger partial charge in [-0.1, -0.05) is 5.92 Å². The van der Waals surface area contributed by atoms with Crippen LogP contribution in [0.25, 0.3) is 0 Å². The molecular formula is C12H14N2O6. The van der Waals surface area contributed by atoms with Crippen LogP contribution in [0, 0.1) is 11.8 Å². The molecule has 1 saturated heterocycles. The van der Waals surface area contributed by atoms with Gasteiger partial charge in [0.05, 0.1) is 6.61 Å². The SMILES string of the molecule is CC#C[C@]1(O)[C@H](O)[C@@H](CO)O[C@H]1n1ccc(=O)[nH]c1=O. The van der Waals surface area contributed by atoms with Gasteiger partial charge >= 0.3 is 5.69 Å². The maximum Gasteiger partial charge on any atom is 0.330 e. The molecule has 20 heavy (non-hydrogen) atoms. The minimum Gasteiger partial charge on any atom is -0.394 e. The first-order valence-electron chi connectivity index (χ1n) is 5.86. The highest BCUT2D eigenvalue weighted by Gasteiger charge is 2.55. The molecule has 4 N–H and O–H groups in total. The van der Waals surface area contributed by atoms with E-state index in [2.05, 4.69) is 11.8 Å². The normalized spacial score (nSPS) is 32.7. The van der Waals surface area contributed by atoms with E-state index in [0.717, 1.165) is 16.8 Å². The van der Waals surface area contributed by atoms with Crippen molar-refractivity contribution in [3.8, 4) is 11.8 Å². The van der Waals surface area contributed by atoms with Crippen LogP contribution < -0.4 is 11.2 Å². The van der Waals surface area contributed by atoms with Gasteiger partial charge in [-0.25, -0.2) is 4.79 Å². The molecule has 0 aliphatic carbocycles. The van der Waals surface area contributed by atoms with Gasteiger partial charge in [0.2, 0.25) is 0 Å². The van der Waals surface area contributed by atoms with E-state index in [0.29, 0.717) is 0 Å². The van der Waals surface area contributed by atoms with Gasteiger partial charge in [-0.15, -0.1) is 5.92 Å². The first-order chi connectivity index (χ1) is 9.43. The molecule has 1 aromatic heterocycles. The zero-order valence-corrected chi connectivity index (χ0v) is 10.6. The molecule has 8 heteroatoms. The number of hydrogen-bond donors (Lipinski definition) is 4. The van der Waals surface area contributed by atoms with Crippen LogP contribution >= 0.6 is 0 Å². The second-order valence-electron chi connectivity index (χ2n) is 4.37. The summed E-state index contributed by atoms with van der Waals surface area (Å²) in [6, 6.07) is 1.07. The number of hydrogen-bond acceptors (Lipinski definition) is 6. The molecule has 1 aliphatic rings. The van der Waals surface area contributed by atoms with Crippen molar-refractivity contribution in [3.63, 3.8) is 0 Å². The first kappa shape index (κ1) is 14.5. The molecule has 1 aromatic rings. The topological polar surface area (TPSA) is 125 Å². The zero-order valence-electron chi connectivity index (χ0n) is 10.6. The molecule has 108 valence electrons. The number of rotatable bonds is 2. The lowest BCUT2D eigenvalue weighted by Gasteiger charge is -2.26. The van der Waals surface area contributed by atoms with Gasteiger partial charge in [-0.3, -0.25) is 14.3 Å². The molecule has 0 spiro atoms. The molecule has 0 aromatic carbocycles. The van der Waals surface area contributed by atoms with Crippen molar-refractivity contribution >= 4 is 0 Å². The van der Waals surface area contributed by atoms with Crippen molar-refractivity contribution in [2.24, 2.45) is 0 Å². The summed E-state index contributed by atoms with van der Waals surface area (Å²) in [5.41, 5.74) is -3.48. The fraction of sp³-hybridized carbons (Fsp3) is 0.500. The Morgan fingerprint density at radius 3 is 2.80 bits per heavy atom. The van der Waals surface area contributed by atoms with Gasteiger partial charge in [0.1, 0.15) is 12.2 Å². The average molecular weight is 282 g/mol. The molecule has 0 amide bonds. The lowest BCUT2D eigenvalue weighted by molar-refractivity contribution is -0.0765. The van der Waals surface area contributed by atoms with Crippen LogP contribution in [0.5, 0.6) is 0 Å². The van der Waals surface area contributed by atoms with E-state index in [-0.39, 0.29) is 0 Å². The third-order valence-electron chi connectivity index (χ3n) is 3.09. The molecule has 8 nitrogen and oxygen atoms in total. The lowest BCUT2D eigenvalue weighted by atomic mass is 9.94. The maximum absolute atomic E-state index is 11.7. The number of aliphatic hydroxyl groups is 3. The number of aromatic nitrogens is 2. The molecule has 4 atom stereocenters. The summed E-state index contributed by atoms with van der Waals surface area (Å²) >= 11 is 0. The molecule has 0 unspecified atom stereocenters. The number of nitrogens with zero attached hydrogens (tertiary/aromatic N) is 1. The third-order valence-corrected chi connectivity index (χ3v) is 3.09. The Balaban J connectivity index is 2.55. The highest BCUT2D eigenvalue weighted by molar-refractivity contribution is 5.22. The van der Waals surface area contributed by atoms with Crippen molar-refractivity contribution in [1.82, 2.24) is 9.55 Å². The van der Waals surface area contributed by atoms with Gasteiger partial charge in [-0.05, 0) is 6.92 Å². The van der Waals surface area contributed by atoms with E-state index < -0.39 is 41.9 Å². The predicted octanol–water partition coefficient (Wildman–Crippen LogP) is -2.46. The number of aromatic amines is 1. The number of ether oxygens (including phenoxy) is 1. The average Bonchev–Trinajstić information content (AvgIpc) is 2.63. The van der Waals surface area contributed by atoms with Crippen LogP contribution in [0.4, 0.5) is 0 Å². The van der Waals surface area contributed by atoms with Crippen LogP contribution in [0.3, 0.4) is 0 Å². The summed E-state index contributed by atoms with van der Waals surface area (Å²) in [5.74, 6) is 4.84. The maximum atomic E-state index is 11.7. The number of nitrogens with one attached hydrogen (secondary N) is 1. The predicted molar refractivity (Wildman–Crippen MR) is 66.7 cm³/mol. The van der Waals surface area contributed by atoms with Crippen molar-refractivity contribution < 1.29 is 20.1 Å². The van der Waals surface area contributed by atoms with E-state index in [1.165, 1.54) is 6.92 Å². The number of aliphatic hydroxyl groups excluding tert-OH is 2. The summed E-state index contributed by atoms with van der Waals surface area (Å²) in [5, 5.41) is 29.6. The van der Waals surface area contributed by atoms with Crippen molar-refractivity contribution in [3.05, 3.63) is 33.1 Å². The standard InChI is InChI=1S/C12H14N2O6/c1-2-4-12(19)9(17)7(6-15)20-10(12)14-5-3-8(16)13-11(14)18/h3,5,7,9-10,15,17,19H,6H2,1H3,(H,13,16,18)/t7-,9-,10-,12+/m1/s1.